The monoisotopic (exact) mass is 752 g/mol. The molecule has 4 aliphatic rings. The summed E-state index contributed by atoms with van der Waals surface area (Å²) in [6, 6.07) is 1.21. The van der Waals surface area contributed by atoms with Crippen molar-refractivity contribution in [1.82, 2.24) is 19.8 Å². The van der Waals surface area contributed by atoms with Crippen molar-refractivity contribution in [3.63, 3.8) is 0 Å². The molecule has 270 valence electrons. The van der Waals surface area contributed by atoms with E-state index in [9.17, 15) is 13.2 Å². The van der Waals surface area contributed by atoms with Gasteiger partial charge in [-0.3, -0.25) is 4.79 Å². The Bertz CT molecular complexity index is 895. The van der Waals surface area contributed by atoms with Crippen LogP contribution in [-0.2, 0) is 30.0 Å². The Morgan fingerprint density at radius 3 is 1.33 bits per heavy atom. The van der Waals surface area contributed by atoms with E-state index >= 15 is 0 Å². The van der Waals surface area contributed by atoms with Crippen LogP contribution in [0, 0.1) is 48.8 Å². The van der Waals surface area contributed by atoms with Crippen molar-refractivity contribution < 1.29 is 53.4 Å². The quantitative estimate of drug-likeness (QED) is 0.220. The first-order valence-corrected chi connectivity index (χ1v) is 16.3. The molecule has 0 unspecified atom stereocenters. The number of hydrogen-bond acceptors (Lipinski definition) is 8. The third-order valence-electron chi connectivity index (χ3n) is 8.83. The van der Waals surface area contributed by atoms with Gasteiger partial charge in [-0.05, 0) is 88.1 Å². The van der Waals surface area contributed by atoms with Crippen LogP contribution in [-0.4, -0.2) is 86.0 Å². The standard InChI is InChI=1S/2C14H26N3.C2HF3O2.C2H4O2.Pd/c2*1-5-16-9-15-17(10-16)14-8-12(4)6-7-13(14)11(2)3;3-2(4,5)1(6)7;1-2(3)4;/h2*9-14H,5-8H2,1-4H3;(H,6,7);1H3,(H,3,4);/q2*-1;;;+2/t2*12-,13+,14+;;;/m11.../s1. The Morgan fingerprint density at radius 2 is 1.11 bits per heavy atom. The molecule has 6 atom stereocenters. The predicted molar refractivity (Wildman–Crippen MR) is 171 cm³/mol. The number of hydrogen-bond donors (Lipinski definition) is 2. The normalized spacial score (nSPS) is 27.3. The van der Waals surface area contributed by atoms with E-state index in [0.29, 0.717) is 12.1 Å². The molecule has 0 saturated heterocycles. The third kappa shape index (κ3) is 15.2. The van der Waals surface area contributed by atoms with Crippen molar-refractivity contribution in [3.05, 3.63) is 13.3 Å². The van der Waals surface area contributed by atoms with Gasteiger partial charge >= 0.3 is 32.6 Å². The minimum Gasteiger partial charge on any atom is -0.491 e. The molecule has 0 bridgehead atoms. The molecule has 2 N–H and O–H groups in total. The summed E-state index contributed by atoms with van der Waals surface area (Å²) in [5.74, 6) is 1.18. The number of alkyl halides is 3. The van der Waals surface area contributed by atoms with Crippen LogP contribution in [0.2, 0.25) is 0 Å². The van der Waals surface area contributed by atoms with E-state index in [0.717, 1.165) is 55.5 Å². The van der Waals surface area contributed by atoms with Crippen molar-refractivity contribution in [2.24, 2.45) is 45.7 Å². The van der Waals surface area contributed by atoms with E-state index in [-0.39, 0.29) is 20.4 Å². The second-order valence-electron chi connectivity index (χ2n) is 13.2. The smallest absolute Gasteiger partial charge is 0.491 e. The third-order valence-corrected chi connectivity index (χ3v) is 8.83. The second-order valence-corrected chi connectivity index (χ2v) is 13.2. The summed E-state index contributed by atoms with van der Waals surface area (Å²) in [5, 5.41) is 28.1. The van der Waals surface area contributed by atoms with Gasteiger partial charge in [0.05, 0.1) is 12.7 Å². The second kappa shape index (κ2) is 21.0. The summed E-state index contributed by atoms with van der Waals surface area (Å²) < 4.78 is 31.7. The van der Waals surface area contributed by atoms with Gasteiger partial charge in [-0.2, -0.15) is 13.2 Å². The van der Waals surface area contributed by atoms with Gasteiger partial charge in [0.25, 0.3) is 5.97 Å². The number of rotatable bonds is 6. The minimum absolute atomic E-state index is 0. The first-order chi connectivity index (χ1) is 20.9. The number of carbonyl (C=O) groups is 2. The largest absolute Gasteiger partial charge is 2.00 e. The number of nitrogens with zero attached hydrogens (tertiary/aromatic N) is 6. The van der Waals surface area contributed by atoms with Crippen LogP contribution in [0.5, 0.6) is 0 Å². The maximum Gasteiger partial charge on any atom is 2.00 e. The molecule has 10 nitrogen and oxygen atoms in total. The first-order valence-electron chi connectivity index (χ1n) is 16.3. The Morgan fingerprint density at radius 1 is 0.804 bits per heavy atom. The molecular weight excluding hydrogens is 696 g/mol. The fourth-order valence-corrected chi connectivity index (χ4v) is 6.26. The molecule has 0 radical (unpaired) electrons. The van der Waals surface area contributed by atoms with E-state index in [1.165, 1.54) is 38.5 Å². The summed E-state index contributed by atoms with van der Waals surface area (Å²) in [6.07, 6.45) is 6.88. The first kappa shape index (κ1) is 43.9. The Hall–Kier alpha value is -2.07. The fourth-order valence-electron chi connectivity index (χ4n) is 6.26. The Kier molecular flexibility index (Phi) is 20.1. The van der Waals surface area contributed by atoms with Crippen LogP contribution < -0.4 is 0 Å². The molecule has 0 aromatic heterocycles. The van der Waals surface area contributed by atoms with Crippen LogP contribution in [0.4, 0.5) is 13.2 Å². The summed E-state index contributed by atoms with van der Waals surface area (Å²) in [5.41, 5.74) is 0. The van der Waals surface area contributed by atoms with Gasteiger partial charge in [0, 0.05) is 19.0 Å². The molecular formula is C32H57F3N6O4Pd. The molecule has 2 saturated carbocycles. The van der Waals surface area contributed by atoms with Crippen molar-refractivity contribution in [2.45, 2.75) is 119 Å². The molecule has 2 fully saturated rings. The average molecular weight is 753 g/mol. The predicted octanol–water partition coefficient (Wildman–Crippen LogP) is 7.02. The van der Waals surface area contributed by atoms with Crippen molar-refractivity contribution in [2.75, 3.05) is 13.1 Å². The van der Waals surface area contributed by atoms with Gasteiger partial charge in [-0.25, -0.2) is 15.0 Å². The van der Waals surface area contributed by atoms with E-state index in [4.69, 9.17) is 19.8 Å². The molecule has 2 aliphatic carbocycles. The van der Waals surface area contributed by atoms with Gasteiger partial charge in [0.2, 0.25) is 0 Å². The molecule has 2 heterocycles. The maximum absolute atomic E-state index is 10.6. The van der Waals surface area contributed by atoms with Crippen molar-refractivity contribution in [1.29, 1.82) is 0 Å². The number of carboxylic acid groups (broad SMARTS) is 2. The SMILES string of the molecule is CC(=O)O.CCN1C=NN([C@H]2C[C@H](C)CC[C@H]2C(C)C)[CH-]1.CCN1C=NN([C@H]2C[C@H](C)CC[C@H]2C(C)C)[CH-]1.O=C(O)C(F)(F)F.[Pd+2]. The molecule has 2 aliphatic heterocycles. The zero-order valence-corrected chi connectivity index (χ0v) is 30.5. The Balaban J connectivity index is 0.000000660. The molecule has 4 rings (SSSR count). The summed E-state index contributed by atoms with van der Waals surface area (Å²) in [7, 11) is 0. The van der Waals surface area contributed by atoms with Gasteiger partial charge < -0.3 is 30.0 Å². The van der Waals surface area contributed by atoms with Gasteiger partial charge in [-0.15, -0.1) is 13.3 Å². The fraction of sp³-hybridized carbons (Fsp3) is 0.812. The van der Waals surface area contributed by atoms with Crippen molar-refractivity contribution in [3.8, 4) is 0 Å². The molecule has 0 aromatic rings. The van der Waals surface area contributed by atoms with Gasteiger partial charge in [-0.1, -0.05) is 54.4 Å². The number of carboxylic acids is 2. The van der Waals surface area contributed by atoms with E-state index in [2.05, 4.69) is 98.7 Å². The van der Waals surface area contributed by atoms with Crippen molar-refractivity contribution >= 4 is 24.6 Å². The number of aliphatic carboxylic acids is 2. The zero-order valence-electron chi connectivity index (χ0n) is 28.9. The molecule has 46 heavy (non-hydrogen) atoms. The van der Waals surface area contributed by atoms with Gasteiger partial charge in [0.15, 0.2) is 0 Å². The Labute approximate surface area is 288 Å². The van der Waals surface area contributed by atoms with Crippen LogP contribution in [0.3, 0.4) is 0 Å². The van der Waals surface area contributed by atoms with E-state index in [1.807, 2.05) is 12.7 Å². The number of hydrazone groups is 2. The van der Waals surface area contributed by atoms with Crippen LogP contribution >= 0.6 is 0 Å². The summed E-state index contributed by atoms with van der Waals surface area (Å²) in [6.45, 7) is 25.9. The van der Waals surface area contributed by atoms with E-state index < -0.39 is 18.1 Å². The maximum atomic E-state index is 10.6. The molecule has 0 aromatic carbocycles. The number of halogens is 3. The zero-order chi connectivity index (χ0) is 34.5. The molecule has 0 amide bonds. The summed E-state index contributed by atoms with van der Waals surface area (Å²) in [4.78, 5) is 22.2. The van der Waals surface area contributed by atoms with Crippen LogP contribution in [0.15, 0.2) is 10.2 Å². The van der Waals surface area contributed by atoms with Gasteiger partial charge in [0.1, 0.15) is 0 Å². The van der Waals surface area contributed by atoms with Crippen LogP contribution in [0.1, 0.15) is 101 Å². The molecule has 14 heteroatoms. The van der Waals surface area contributed by atoms with E-state index in [1.54, 1.807) is 0 Å². The summed E-state index contributed by atoms with van der Waals surface area (Å²) >= 11 is 0. The topological polar surface area (TPSA) is 112 Å². The molecule has 0 spiro atoms. The average Bonchev–Trinajstić information content (AvgIpc) is 3.62. The van der Waals surface area contributed by atoms with Crippen LogP contribution in [0.25, 0.3) is 0 Å². The minimum atomic E-state index is -5.08.